The van der Waals surface area contributed by atoms with Crippen LogP contribution in [0, 0.1) is 0 Å². The average Bonchev–Trinajstić information content (AvgIpc) is 2.14. The van der Waals surface area contributed by atoms with Crippen molar-refractivity contribution in [2.24, 2.45) is 0 Å². The van der Waals surface area contributed by atoms with Crippen LogP contribution < -0.4 is 11.1 Å². The maximum atomic E-state index is 10.8. The Bertz CT molecular complexity index is 401. The van der Waals surface area contributed by atoms with Gasteiger partial charge in [0.15, 0.2) is 0 Å². The monoisotopic (exact) mass is 230 g/mol. The first-order valence-corrected chi connectivity index (χ1v) is 6.52. The zero-order valence-electron chi connectivity index (χ0n) is 8.47. The zero-order valence-corrected chi connectivity index (χ0v) is 9.29. The van der Waals surface area contributed by atoms with Crippen molar-refractivity contribution in [1.29, 1.82) is 0 Å². The van der Waals surface area contributed by atoms with Crippen LogP contribution in [0.3, 0.4) is 0 Å². The van der Waals surface area contributed by atoms with E-state index in [1.807, 2.05) is 0 Å². The average molecular weight is 230 g/mol. The van der Waals surface area contributed by atoms with Crippen molar-refractivity contribution in [3.05, 3.63) is 12.4 Å². The minimum Gasteiger partial charge on any atom is -0.382 e. The maximum Gasteiger partial charge on any atom is 0.147 e. The van der Waals surface area contributed by atoms with Crippen LogP contribution in [0.2, 0.25) is 0 Å². The van der Waals surface area contributed by atoms with Crippen molar-refractivity contribution in [3.8, 4) is 0 Å². The van der Waals surface area contributed by atoms with Crippen LogP contribution in [0.5, 0.6) is 0 Å². The van der Waals surface area contributed by atoms with Crippen LogP contribution in [0.4, 0.5) is 11.6 Å². The fourth-order valence-corrected chi connectivity index (χ4v) is 1.65. The molecule has 84 valence electrons. The topological polar surface area (TPSA) is 98.0 Å². The van der Waals surface area contributed by atoms with Gasteiger partial charge in [-0.15, -0.1) is 0 Å². The number of sulfone groups is 1. The fourth-order valence-electron chi connectivity index (χ4n) is 0.980. The smallest absolute Gasteiger partial charge is 0.147 e. The number of aromatic nitrogens is 2. The van der Waals surface area contributed by atoms with Crippen molar-refractivity contribution in [3.63, 3.8) is 0 Å². The minimum absolute atomic E-state index is 0.169. The number of anilines is 2. The van der Waals surface area contributed by atoms with Gasteiger partial charge < -0.3 is 11.1 Å². The maximum absolute atomic E-state index is 10.8. The van der Waals surface area contributed by atoms with E-state index in [4.69, 9.17) is 5.73 Å². The summed E-state index contributed by atoms with van der Waals surface area (Å²) in [5.74, 6) is 1.12. The van der Waals surface area contributed by atoms with Gasteiger partial charge in [-0.1, -0.05) is 0 Å². The quantitative estimate of drug-likeness (QED) is 0.686. The van der Waals surface area contributed by atoms with E-state index in [0.29, 0.717) is 24.6 Å². The van der Waals surface area contributed by atoms with Gasteiger partial charge in [-0.05, 0) is 6.42 Å². The van der Waals surface area contributed by atoms with E-state index in [1.165, 1.54) is 18.6 Å². The molecule has 6 nitrogen and oxygen atoms in total. The first-order chi connectivity index (χ1) is 6.97. The molecule has 1 aromatic heterocycles. The summed E-state index contributed by atoms with van der Waals surface area (Å²) in [5, 5.41) is 2.95. The molecule has 0 aliphatic rings. The second-order valence-electron chi connectivity index (χ2n) is 3.24. The fraction of sp³-hybridized carbons (Fsp3) is 0.500. The molecule has 1 rings (SSSR count). The van der Waals surface area contributed by atoms with Gasteiger partial charge in [0.05, 0.1) is 18.1 Å². The molecule has 7 heteroatoms. The molecule has 0 atom stereocenters. The van der Waals surface area contributed by atoms with Crippen LogP contribution in [0.25, 0.3) is 0 Å². The van der Waals surface area contributed by atoms with E-state index in [0.717, 1.165) is 0 Å². The van der Waals surface area contributed by atoms with E-state index < -0.39 is 9.84 Å². The molecule has 1 heterocycles. The molecule has 1 aromatic rings. The van der Waals surface area contributed by atoms with E-state index in [9.17, 15) is 8.42 Å². The normalized spacial score (nSPS) is 11.3. The first-order valence-electron chi connectivity index (χ1n) is 4.46. The molecule has 0 spiro atoms. The molecular weight excluding hydrogens is 216 g/mol. The summed E-state index contributed by atoms with van der Waals surface area (Å²) in [4.78, 5) is 7.81. The Hall–Kier alpha value is -1.37. The number of hydrogen-bond donors (Lipinski definition) is 2. The van der Waals surface area contributed by atoms with Crippen LogP contribution in [-0.4, -0.2) is 36.9 Å². The molecule has 0 fully saturated rings. The summed E-state index contributed by atoms with van der Waals surface area (Å²) < 4.78 is 21.6. The minimum atomic E-state index is -2.88. The standard InChI is InChI=1S/C8H14N4O2S/c1-15(13,14)4-2-3-10-8-6-11-7(9)5-12-8/h5-6H,2-4H2,1H3,(H2,9,11)(H,10,12). The van der Waals surface area contributed by atoms with Crippen molar-refractivity contribution >= 4 is 21.5 Å². The van der Waals surface area contributed by atoms with Crippen molar-refractivity contribution in [1.82, 2.24) is 9.97 Å². The second-order valence-corrected chi connectivity index (χ2v) is 5.50. The van der Waals surface area contributed by atoms with Gasteiger partial charge in [-0.2, -0.15) is 0 Å². The largest absolute Gasteiger partial charge is 0.382 e. The molecule has 3 N–H and O–H groups in total. The zero-order chi connectivity index (χ0) is 11.3. The number of nitrogens with two attached hydrogens (primary N) is 1. The molecule has 0 saturated heterocycles. The van der Waals surface area contributed by atoms with Crippen molar-refractivity contribution < 1.29 is 8.42 Å². The Labute approximate surface area is 88.8 Å². The molecule has 0 aromatic carbocycles. The Balaban J connectivity index is 2.29. The molecule has 0 radical (unpaired) electrons. The van der Waals surface area contributed by atoms with Gasteiger partial charge in [0.25, 0.3) is 0 Å². The lowest BCUT2D eigenvalue weighted by atomic mass is 10.5. The SMILES string of the molecule is CS(=O)(=O)CCCNc1cnc(N)cn1. The Morgan fingerprint density at radius 1 is 1.40 bits per heavy atom. The lowest BCUT2D eigenvalue weighted by molar-refractivity contribution is 0.600. The van der Waals surface area contributed by atoms with Gasteiger partial charge in [-0.25, -0.2) is 18.4 Å². The van der Waals surface area contributed by atoms with Gasteiger partial charge >= 0.3 is 0 Å². The number of hydrogen-bond acceptors (Lipinski definition) is 6. The predicted molar refractivity (Wildman–Crippen MR) is 59.3 cm³/mol. The molecule has 0 aliphatic carbocycles. The van der Waals surface area contributed by atoms with E-state index in [-0.39, 0.29) is 5.75 Å². The summed E-state index contributed by atoms with van der Waals surface area (Å²) in [6.45, 7) is 0.547. The van der Waals surface area contributed by atoms with Gasteiger partial charge in [0.2, 0.25) is 0 Å². The van der Waals surface area contributed by atoms with Crippen molar-refractivity contribution in [2.75, 3.05) is 29.6 Å². The van der Waals surface area contributed by atoms with E-state index in [2.05, 4.69) is 15.3 Å². The molecule has 0 bridgehead atoms. The molecule has 15 heavy (non-hydrogen) atoms. The predicted octanol–water partition coefficient (Wildman–Crippen LogP) is -0.0946. The Kier molecular flexibility index (Phi) is 3.84. The van der Waals surface area contributed by atoms with Crippen LogP contribution in [-0.2, 0) is 9.84 Å². The van der Waals surface area contributed by atoms with Crippen LogP contribution >= 0.6 is 0 Å². The second kappa shape index (κ2) is 4.92. The molecular formula is C8H14N4O2S. The molecule has 0 aliphatic heterocycles. The Morgan fingerprint density at radius 3 is 2.67 bits per heavy atom. The van der Waals surface area contributed by atoms with Crippen LogP contribution in [0.15, 0.2) is 12.4 Å². The highest BCUT2D eigenvalue weighted by atomic mass is 32.2. The van der Waals surface area contributed by atoms with Gasteiger partial charge in [0, 0.05) is 12.8 Å². The first kappa shape index (κ1) is 11.7. The highest BCUT2D eigenvalue weighted by Gasteiger charge is 2.01. The summed E-state index contributed by atoms with van der Waals surface area (Å²) in [5.41, 5.74) is 5.36. The lowest BCUT2D eigenvalue weighted by Crippen LogP contribution is -2.10. The van der Waals surface area contributed by atoms with Crippen molar-refractivity contribution in [2.45, 2.75) is 6.42 Å². The lowest BCUT2D eigenvalue weighted by Gasteiger charge is -2.04. The molecule has 0 saturated carbocycles. The number of rotatable bonds is 5. The van der Waals surface area contributed by atoms with Gasteiger partial charge in [0.1, 0.15) is 21.5 Å². The van der Waals surface area contributed by atoms with E-state index >= 15 is 0 Å². The summed E-state index contributed by atoms with van der Waals surface area (Å²) in [6, 6.07) is 0. The molecule has 0 amide bonds. The summed E-state index contributed by atoms with van der Waals surface area (Å²) >= 11 is 0. The highest BCUT2D eigenvalue weighted by Crippen LogP contribution is 2.01. The number of nitrogens with one attached hydrogen (secondary N) is 1. The summed E-state index contributed by atoms with van der Waals surface area (Å²) in [7, 11) is -2.88. The summed E-state index contributed by atoms with van der Waals surface area (Å²) in [6.07, 6.45) is 4.72. The number of nitrogen functional groups attached to an aromatic ring is 1. The van der Waals surface area contributed by atoms with Gasteiger partial charge in [-0.3, -0.25) is 0 Å². The highest BCUT2D eigenvalue weighted by molar-refractivity contribution is 7.90. The Morgan fingerprint density at radius 2 is 2.13 bits per heavy atom. The third kappa shape index (κ3) is 5.16. The third-order valence-electron chi connectivity index (χ3n) is 1.67. The third-order valence-corrected chi connectivity index (χ3v) is 2.70. The number of nitrogens with zero attached hydrogens (tertiary/aromatic N) is 2. The van der Waals surface area contributed by atoms with Crippen LogP contribution in [0.1, 0.15) is 6.42 Å². The molecule has 0 unspecified atom stereocenters. The van der Waals surface area contributed by atoms with E-state index in [1.54, 1.807) is 0 Å².